The van der Waals surface area contributed by atoms with Crippen LogP contribution in [0.4, 0.5) is 10.1 Å². The maximum absolute atomic E-state index is 13.5. The van der Waals surface area contributed by atoms with Crippen LogP contribution in [0.25, 0.3) is 0 Å². The van der Waals surface area contributed by atoms with Gasteiger partial charge in [-0.05, 0) is 44.2 Å². The van der Waals surface area contributed by atoms with Crippen molar-refractivity contribution < 1.29 is 9.18 Å². The van der Waals surface area contributed by atoms with Crippen molar-refractivity contribution in [3.05, 3.63) is 63.9 Å². The standard InChI is InChI=1S/C15H13ClFNO/c1-9-5-10(2)7-11(6-9)15(19)18-14-8-12(16)3-4-13(14)17/h3-8H,1-2H3,(H,18,19). The predicted octanol–water partition coefficient (Wildman–Crippen LogP) is 4.35. The van der Waals surface area contributed by atoms with Crippen LogP contribution in [0.2, 0.25) is 5.02 Å². The zero-order valence-corrected chi connectivity index (χ0v) is 11.4. The lowest BCUT2D eigenvalue weighted by Crippen LogP contribution is -2.13. The molecule has 98 valence electrons. The number of hydrogen-bond donors (Lipinski definition) is 1. The predicted molar refractivity (Wildman–Crippen MR) is 75.3 cm³/mol. The Labute approximate surface area is 116 Å². The summed E-state index contributed by atoms with van der Waals surface area (Å²) in [6.45, 7) is 3.81. The van der Waals surface area contributed by atoms with E-state index in [4.69, 9.17) is 11.6 Å². The minimum atomic E-state index is -0.512. The van der Waals surface area contributed by atoms with Crippen molar-refractivity contribution in [1.82, 2.24) is 0 Å². The van der Waals surface area contributed by atoms with Crippen LogP contribution in [0.3, 0.4) is 0 Å². The molecule has 0 radical (unpaired) electrons. The highest BCUT2D eigenvalue weighted by molar-refractivity contribution is 6.31. The third kappa shape index (κ3) is 3.32. The Morgan fingerprint density at radius 1 is 1.11 bits per heavy atom. The van der Waals surface area contributed by atoms with Crippen molar-refractivity contribution in [2.75, 3.05) is 5.32 Å². The number of benzene rings is 2. The number of amides is 1. The van der Waals surface area contributed by atoms with Gasteiger partial charge in [0.15, 0.2) is 0 Å². The Hall–Kier alpha value is -1.87. The summed E-state index contributed by atoms with van der Waals surface area (Å²) in [5, 5.41) is 2.90. The summed E-state index contributed by atoms with van der Waals surface area (Å²) < 4.78 is 13.5. The van der Waals surface area contributed by atoms with Crippen LogP contribution in [-0.2, 0) is 0 Å². The van der Waals surface area contributed by atoms with Gasteiger partial charge in [-0.15, -0.1) is 0 Å². The van der Waals surface area contributed by atoms with Gasteiger partial charge in [-0.2, -0.15) is 0 Å². The van der Waals surface area contributed by atoms with Crippen LogP contribution in [0, 0.1) is 19.7 Å². The first-order valence-electron chi connectivity index (χ1n) is 5.80. The summed E-state index contributed by atoms with van der Waals surface area (Å²) in [7, 11) is 0. The molecule has 0 bridgehead atoms. The van der Waals surface area contributed by atoms with Crippen molar-refractivity contribution in [3.63, 3.8) is 0 Å². The second kappa shape index (κ2) is 5.41. The Morgan fingerprint density at radius 3 is 2.37 bits per heavy atom. The topological polar surface area (TPSA) is 29.1 Å². The number of anilines is 1. The molecule has 0 aliphatic carbocycles. The molecule has 0 saturated heterocycles. The summed E-state index contributed by atoms with van der Waals surface area (Å²) in [6, 6.07) is 9.52. The molecule has 19 heavy (non-hydrogen) atoms. The molecule has 2 aromatic carbocycles. The fourth-order valence-corrected chi connectivity index (χ4v) is 2.07. The van der Waals surface area contributed by atoms with Crippen LogP contribution in [0.1, 0.15) is 21.5 Å². The van der Waals surface area contributed by atoms with Gasteiger partial charge in [0.25, 0.3) is 5.91 Å². The molecule has 0 fully saturated rings. The molecule has 0 saturated carbocycles. The number of aryl methyl sites for hydroxylation is 2. The molecule has 1 amide bonds. The smallest absolute Gasteiger partial charge is 0.255 e. The first-order valence-corrected chi connectivity index (χ1v) is 6.18. The lowest BCUT2D eigenvalue weighted by molar-refractivity contribution is 0.102. The zero-order chi connectivity index (χ0) is 14.0. The summed E-state index contributed by atoms with van der Waals surface area (Å²) in [5.74, 6) is -0.866. The molecule has 0 aromatic heterocycles. The van der Waals surface area contributed by atoms with Crippen molar-refractivity contribution in [2.24, 2.45) is 0 Å². The summed E-state index contributed by atoms with van der Waals surface area (Å²) in [4.78, 5) is 12.1. The van der Waals surface area contributed by atoms with E-state index in [9.17, 15) is 9.18 Å². The molecular formula is C15H13ClFNO. The number of carbonyl (C=O) groups excluding carboxylic acids is 1. The van der Waals surface area contributed by atoms with Crippen LogP contribution < -0.4 is 5.32 Å². The Bertz CT molecular complexity index is 620. The Balaban J connectivity index is 2.28. The average molecular weight is 278 g/mol. The average Bonchev–Trinajstić information content (AvgIpc) is 2.32. The largest absolute Gasteiger partial charge is 0.319 e. The Morgan fingerprint density at radius 2 is 1.74 bits per heavy atom. The lowest BCUT2D eigenvalue weighted by atomic mass is 10.1. The summed E-state index contributed by atoms with van der Waals surface area (Å²) in [5.41, 5.74) is 2.54. The number of hydrogen-bond acceptors (Lipinski definition) is 1. The molecule has 0 aliphatic rings. The molecule has 0 spiro atoms. The minimum Gasteiger partial charge on any atom is -0.319 e. The van der Waals surface area contributed by atoms with Gasteiger partial charge in [-0.25, -0.2) is 4.39 Å². The quantitative estimate of drug-likeness (QED) is 0.869. The summed E-state index contributed by atoms with van der Waals surface area (Å²) in [6.07, 6.45) is 0. The van der Waals surface area contributed by atoms with Gasteiger partial charge in [0.1, 0.15) is 5.82 Å². The van der Waals surface area contributed by atoms with E-state index in [1.165, 1.54) is 18.2 Å². The maximum atomic E-state index is 13.5. The highest BCUT2D eigenvalue weighted by Crippen LogP contribution is 2.20. The number of carbonyl (C=O) groups is 1. The van der Waals surface area contributed by atoms with Crippen molar-refractivity contribution in [1.29, 1.82) is 0 Å². The summed E-state index contributed by atoms with van der Waals surface area (Å²) >= 11 is 5.78. The van der Waals surface area contributed by atoms with E-state index < -0.39 is 5.82 Å². The Kier molecular flexibility index (Phi) is 3.86. The van der Waals surface area contributed by atoms with E-state index in [-0.39, 0.29) is 11.6 Å². The van der Waals surface area contributed by atoms with Gasteiger partial charge in [-0.3, -0.25) is 4.79 Å². The van der Waals surface area contributed by atoms with Crippen LogP contribution in [0.15, 0.2) is 36.4 Å². The SMILES string of the molecule is Cc1cc(C)cc(C(=O)Nc2cc(Cl)ccc2F)c1. The van der Waals surface area contributed by atoms with Crippen molar-refractivity contribution in [2.45, 2.75) is 13.8 Å². The molecule has 2 rings (SSSR count). The van der Waals surface area contributed by atoms with Gasteiger partial charge in [0.2, 0.25) is 0 Å². The highest BCUT2D eigenvalue weighted by Gasteiger charge is 2.10. The van der Waals surface area contributed by atoms with Gasteiger partial charge in [-0.1, -0.05) is 28.8 Å². The van der Waals surface area contributed by atoms with E-state index in [1.54, 1.807) is 12.1 Å². The monoisotopic (exact) mass is 277 g/mol. The second-order valence-electron chi connectivity index (χ2n) is 4.45. The van der Waals surface area contributed by atoms with Crippen LogP contribution >= 0.6 is 11.6 Å². The lowest BCUT2D eigenvalue weighted by Gasteiger charge is -2.08. The van der Waals surface area contributed by atoms with Gasteiger partial charge < -0.3 is 5.32 Å². The molecule has 4 heteroatoms. The molecule has 0 heterocycles. The van der Waals surface area contributed by atoms with E-state index in [2.05, 4.69) is 5.32 Å². The molecule has 0 aliphatic heterocycles. The van der Waals surface area contributed by atoms with E-state index >= 15 is 0 Å². The number of halogens is 2. The van der Waals surface area contributed by atoms with Crippen LogP contribution in [-0.4, -0.2) is 5.91 Å². The molecule has 0 unspecified atom stereocenters. The molecule has 2 aromatic rings. The number of rotatable bonds is 2. The van der Waals surface area contributed by atoms with Crippen molar-refractivity contribution >= 4 is 23.2 Å². The first-order chi connectivity index (χ1) is 8.95. The molecule has 2 nitrogen and oxygen atoms in total. The molecular weight excluding hydrogens is 265 g/mol. The van der Waals surface area contributed by atoms with Gasteiger partial charge >= 0.3 is 0 Å². The fourth-order valence-electron chi connectivity index (χ4n) is 1.89. The van der Waals surface area contributed by atoms with Gasteiger partial charge in [0.05, 0.1) is 5.69 Å². The first kappa shape index (κ1) is 13.6. The fraction of sp³-hybridized carbons (Fsp3) is 0.133. The third-order valence-electron chi connectivity index (χ3n) is 2.66. The number of nitrogens with one attached hydrogen (secondary N) is 1. The van der Waals surface area contributed by atoms with E-state index in [1.807, 2.05) is 19.9 Å². The van der Waals surface area contributed by atoms with Crippen LogP contribution in [0.5, 0.6) is 0 Å². The van der Waals surface area contributed by atoms with Crippen molar-refractivity contribution in [3.8, 4) is 0 Å². The maximum Gasteiger partial charge on any atom is 0.255 e. The zero-order valence-electron chi connectivity index (χ0n) is 10.6. The molecule has 1 N–H and O–H groups in total. The minimum absolute atomic E-state index is 0.0802. The molecule has 0 atom stereocenters. The normalized spacial score (nSPS) is 10.3. The second-order valence-corrected chi connectivity index (χ2v) is 4.89. The highest BCUT2D eigenvalue weighted by atomic mass is 35.5. The van der Waals surface area contributed by atoms with E-state index in [0.29, 0.717) is 10.6 Å². The third-order valence-corrected chi connectivity index (χ3v) is 2.90. The van der Waals surface area contributed by atoms with Gasteiger partial charge in [0, 0.05) is 10.6 Å². The van der Waals surface area contributed by atoms with E-state index in [0.717, 1.165) is 11.1 Å².